The molecule has 1 aromatic carbocycles. The van der Waals surface area contributed by atoms with Gasteiger partial charge in [0.2, 0.25) is 12.7 Å². The molecule has 1 atom stereocenters. The van der Waals surface area contributed by atoms with Crippen molar-refractivity contribution in [2.75, 3.05) is 6.79 Å². The van der Waals surface area contributed by atoms with Crippen molar-refractivity contribution in [1.82, 2.24) is 20.1 Å². The van der Waals surface area contributed by atoms with Gasteiger partial charge < -0.3 is 24.7 Å². The summed E-state index contributed by atoms with van der Waals surface area (Å²) in [6.07, 6.45) is 1.78. The first kappa shape index (κ1) is 17.9. The van der Waals surface area contributed by atoms with Crippen LogP contribution in [0.3, 0.4) is 0 Å². The minimum atomic E-state index is -0.866. The molecule has 0 unspecified atom stereocenters. The smallest absolute Gasteiger partial charge is 0.325 e. The predicted octanol–water partition coefficient (Wildman–Crippen LogP) is 0.881. The van der Waals surface area contributed by atoms with Crippen molar-refractivity contribution in [2.45, 2.75) is 25.6 Å². The van der Waals surface area contributed by atoms with Crippen LogP contribution in [0.4, 0.5) is 4.79 Å². The Balaban J connectivity index is 1.34. The number of fused-ring (bicyclic) bond motifs is 1. The van der Waals surface area contributed by atoms with E-state index in [0.717, 1.165) is 16.2 Å². The average molecular weight is 384 g/mol. The molecular weight excluding hydrogens is 364 g/mol. The highest BCUT2D eigenvalue weighted by atomic mass is 16.7. The van der Waals surface area contributed by atoms with Crippen LogP contribution in [0.2, 0.25) is 0 Å². The molecule has 3 heterocycles. The largest absolute Gasteiger partial charge is 0.454 e. The molecule has 1 fully saturated rings. The van der Waals surface area contributed by atoms with Gasteiger partial charge in [-0.2, -0.15) is 0 Å². The number of nitrogens with zero attached hydrogens (tertiary/aromatic N) is 2. The van der Waals surface area contributed by atoms with E-state index < -0.39 is 18.0 Å². The van der Waals surface area contributed by atoms with Gasteiger partial charge >= 0.3 is 6.03 Å². The average Bonchev–Trinajstić information content (AvgIpc) is 3.36. The third-order valence-electron chi connectivity index (χ3n) is 4.79. The number of imide groups is 1. The Morgan fingerprint density at radius 2 is 2.07 bits per heavy atom. The molecular formula is C19H20N4O5. The molecule has 2 aliphatic heterocycles. The monoisotopic (exact) mass is 384 g/mol. The Hall–Kier alpha value is -3.49. The summed E-state index contributed by atoms with van der Waals surface area (Å²) in [5.74, 6) is 0.497. The molecule has 9 heteroatoms. The first-order chi connectivity index (χ1) is 13.5. The predicted molar refractivity (Wildman–Crippen MR) is 97.3 cm³/mol. The number of urea groups is 1. The lowest BCUT2D eigenvalue weighted by Gasteiger charge is -2.13. The standard InChI is InChI=1S/C19H20N4O5/c1-22-6-2-3-13(22)9-20-17(24)8-14-18(25)23(19(26)21-14)10-12-4-5-15-16(7-12)28-11-27-15/h2-7,14H,8-11H2,1H3,(H,20,24)(H,21,26)/t14-/m1/s1. The molecule has 0 bridgehead atoms. The molecule has 146 valence electrons. The minimum Gasteiger partial charge on any atom is -0.454 e. The van der Waals surface area contributed by atoms with Gasteiger partial charge in [0.25, 0.3) is 5.91 Å². The van der Waals surface area contributed by atoms with E-state index in [1.807, 2.05) is 29.9 Å². The summed E-state index contributed by atoms with van der Waals surface area (Å²) in [7, 11) is 1.89. The number of amides is 4. The summed E-state index contributed by atoms with van der Waals surface area (Å²) in [5, 5.41) is 5.35. The zero-order valence-electron chi connectivity index (χ0n) is 15.3. The Morgan fingerprint density at radius 1 is 1.25 bits per heavy atom. The third-order valence-corrected chi connectivity index (χ3v) is 4.79. The summed E-state index contributed by atoms with van der Waals surface area (Å²) in [6.45, 7) is 0.614. The van der Waals surface area contributed by atoms with E-state index >= 15 is 0 Å². The molecule has 2 aliphatic rings. The number of benzene rings is 1. The summed E-state index contributed by atoms with van der Waals surface area (Å²) in [5.41, 5.74) is 1.68. The van der Waals surface area contributed by atoms with E-state index in [1.54, 1.807) is 18.2 Å². The number of hydrogen-bond acceptors (Lipinski definition) is 5. The van der Waals surface area contributed by atoms with Crippen LogP contribution in [-0.4, -0.2) is 40.1 Å². The van der Waals surface area contributed by atoms with E-state index in [-0.39, 0.29) is 25.7 Å². The Bertz CT molecular complexity index is 938. The van der Waals surface area contributed by atoms with Gasteiger partial charge in [-0.05, 0) is 29.8 Å². The van der Waals surface area contributed by atoms with E-state index in [0.29, 0.717) is 18.0 Å². The molecule has 28 heavy (non-hydrogen) atoms. The van der Waals surface area contributed by atoms with Crippen LogP contribution < -0.4 is 20.1 Å². The molecule has 4 rings (SSSR count). The van der Waals surface area contributed by atoms with Crippen molar-refractivity contribution in [1.29, 1.82) is 0 Å². The quantitative estimate of drug-likeness (QED) is 0.720. The van der Waals surface area contributed by atoms with Crippen LogP contribution in [0.5, 0.6) is 11.5 Å². The van der Waals surface area contributed by atoms with Gasteiger partial charge in [0.1, 0.15) is 6.04 Å². The lowest BCUT2D eigenvalue weighted by atomic mass is 10.1. The van der Waals surface area contributed by atoms with Crippen molar-refractivity contribution < 1.29 is 23.9 Å². The van der Waals surface area contributed by atoms with Gasteiger partial charge in [-0.25, -0.2) is 4.79 Å². The van der Waals surface area contributed by atoms with E-state index in [1.165, 1.54) is 0 Å². The molecule has 4 amide bonds. The first-order valence-corrected chi connectivity index (χ1v) is 8.88. The van der Waals surface area contributed by atoms with Gasteiger partial charge in [0.05, 0.1) is 19.5 Å². The van der Waals surface area contributed by atoms with Gasteiger partial charge in [-0.15, -0.1) is 0 Å². The van der Waals surface area contributed by atoms with Crippen molar-refractivity contribution in [3.05, 3.63) is 47.8 Å². The number of aromatic nitrogens is 1. The van der Waals surface area contributed by atoms with Crippen LogP contribution in [0.1, 0.15) is 17.7 Å². The van der Waals surface area contributed by atoms with Crippen molar-refractivity contribution in [3.63, 3.8) is 0 Å². The second kappa shape index (κ2) is 7.26. The first-order valence-electron chi connectivity index (χ1n) is 8.88. The fraction of sp³-hybridized carbons (Fsp3) is 0.316. The number of carbonyl (C=O) groups is 3. The van der Waals surface area contributed by atoms with Crippen LogP contribution >= 0.6 is 0 Å². The number of hydrogen-bond donors (Lipinski definition) is 2. The van der Waals surface area contributed by atoms with Gasteiger partial charge in [-0.1, -0.05) is 6.07 Å². The SMILES string of the molecule is Cn1cccc1CNC(=O)C[C@H]1NC(=O)N(Cc2ccc3c(c2)OCO3)C1=O. The molecule has 9 nitrogen and oxygen atoms in total. The highest BCUT2D eigenvalue weighted by Crippen LogP contribution is 2.33. The highest BCUT2D eigenvalue weighted by molar-refractivity contribution is 6.05. The summed E-state index contributed by atoms with van der Waals surface area (Å²) >= 11 is 0. The van der Waals surface area contributed by atoms with Gasteiger partial charge in [0, 0.05) is 18.9 Å². The lowest BCUT2D eigenvalue weighted by molar-refractivity contribution is -0.131. The zero-order chi connectivity index (χ0) is 19.7. The Labute approximate surface area is 161 Å². The van der Waals surface area contributed by atoms with Crippen LogP contribution in [0, 0.1) is 0 Å². The van der Waals surface area contributed by atoms with E-state index in [4.69, 9.17) is 9.47 Å². The molecule has 0 saturated carbocycles. The Kier molecular flexibility index (Phi) is 4.64. The topological polar surface area (TPSA) is 102 Å². The number of carbonyl (C=O) groups excluding carboxylic acids is 3. The molecule has 0 spiro atoms. The van der Waals surface area contributed by atoms with E-state index in [9.17, 15) is 14.4 Å². The van der Waals surface area contributed by atoms with Crippen LogP contribution in [0.25, 0.3) is 0 Å². The minimum absolute atomic E-state index is 0.1000. The number of ether oxygens (including phenoxy) is 2. The highest BCUT2D eigenvalue weighted by Gasteiger charge is 2.39. The summed E-state index contributed by atoms with van der Waals surface area (Å²) in [6, 6.07) is 7.66. The summed E-state index contributed by atoms with van der Waals surface area (Å²) < 4.78 is 12.5. The number of nitrogens with one attached hydrogen (secondary N) is 2. The second-order valence-electron chi connectivity index (χ2n) is 6.71. The van der Waals surface area contributed by atoms with Crippen LogP contribution in [0.15, 0.2) is 36.5 Å². The normalized spacial score (nSPS) is 17.8. The maximum atomic E-state index is 12.6. The van der Waals surface area contributed by atoms with Crippen LogP contribution in [-0.2, 0) is 29.7 Å². The van der Waals surface area contributed by atoms with Gasteiger partial charge in [-0.3, -0.25) is 14.5 Å². The van der Waals surface area contributed by atoms with E-state index in [2.05, 4.69) is 10.6 Å². The van der Waals surface area contributed by atoms with Gasteiger partial charge in [0.15, 0.2) is 11.5 Å². The fourth-order valence-electron chi connectivity index (χ4n) is 3.21. The molecule has 2 aromatic rings. The number of aryl methyl sites for hydroxylation is 1. The lowest BCUT2D eigenvalue weighted by Crippen LogP contribution is -2.36. The van der Waals surface area contributed by atoms with Crippen molar-refractivity contribution in [2.24, 2.45) is 7.05 Å². The maximum Gasteiger partial charge on any atom is 0.325 e. The number of rotatable bonds is 6. The zero-order valence-corrected chi connectivity index (χ0v) is 15.3. The molecule has 0 aliphatic carbocycles. The maximum absolute atomic E-state index is 12.6. The Morgan fingerprint density at radius 3 is 2.86 bits per heavy atom. The molecule has 1 saturated heterocycles. The summed E-state index contributed by atoms with van der Waals surface area (Å²) in [4.78, 5) is 38.1. The van der Waals surface area contributed by atoms with Crippen molar-refractivity contribution >= 4 is 17.8 Å². The second-order valence-corrected chi connectivity index (χ2v) is 6.71. The molecule has 2 N–H and O–H groups in total. The molecule has 1 aromatic heterocycles. The fourth-order valence-corrected chi connectivity index (χ4v) is 3.21. The van der Waals surface area contributed by atoms with Crippen molar-refractivity contribution in [3.8, 4) is 11.5 Å². The molecule has 0 radical (unpaired) electrons. The third kappa shape index (κ3) is 3.51.